The van der Waals surface area contributed by atoms with E-state index in [0.717, 1.165) is 22.6 Å². The van der Waals surface area contributed by atoms with Crippen LogP contribution in [0.5, 0.6) is 5.88 Å². The monoisotopic (exact) mass is 336 g/mol. The highest BCUT2D eigenvalue weighted by Crippen LogP contribution is 2.39. The lowest BCUT2D eigenvalue weighted by atomic mass is 10.1. The quantitative estimate of drug-likeness (QED) is 0.725. The second-order valence-electron chi connectivity index (χ2n) is 5.28. The summed E-state index contributed by atoms with van der Waals surface area (Å²) in [5.74, 6) is 1.39. The van der Waals surface area contributed by atoms with E-state index < -0.39 is 0 Å². The predicted molar refractivity (Wildman–Crippen MR) is 95.1 cm³/mol. The van der Waals surface area contributed by atoms with Crippen LogP contribution in [0.25, 0.3) is 11.3 Å². The number of rotatable bonds is 3. The third-order valence-corrected chi connectivity index (χ3v) is 4.43. The van der Waals surface area contributed by atoms with Gasteiger partial charge in [0.15, 0.2) is 11.9 Å². The van der Waals surface area contributed by atoms with Gasteiger partial charge in [-0.15, -0.1) is 10.2 Å². The van der Waals surface area contributed by atoms with Crippen LogP contribution in [0.4, 0.5) is 5.69 Å². The van der Waals surface area contributed by atoms with E-state index in [-0.39, 0.29) is 6.23 Å². The van der Waals surface area contributed by atoms with Crippen LogP contribution in [-0.4, -0.2) is 20.9 Å². The van der Waals surface area contributed by atoms with Gasteiger partial charge < -0.3 is 10.1 Å². The van der Waals surface area contributed by atoms with Crippen molar-refractivity contribution in [2.24, 2.45) is 0 Å². The zero-order valence-electron chi connectivity index (χ0n) is 13.1. The first-order chi connectivity index (χ1) is 11.8. The average molecular weight is 336 g/mol. The lowest BCUT2D eigenvalue weighted by molar-refractivity contribution is 0.225. The molecule has 4 rings (SSSR count). The minimum absolute atomic E-state index is 0.329. The Hall–Kier alpha value is -2.60. The molecule has 1 aliphatic rings. The molecule has 0 saturated heterocycles. The first kappa shape index (κ1) is 15.0. The Balaban J connectivity index is 1.84. The van der Waals surface area contributed by atoms with Gasteiger partial charge >= 0.3 is 0 Å². The van der Waals surface area contributed by atoms with Crippen LogP contribution in [0.2, 0.25) is 0 Å². The summed E-state index contributed by atoms with van der Waals surface area (Å²) in [6.45, 7) is 2.06. The number of nitrogens with one attached hydrogen (secondary N) is 1. The van der Waals surface area contributed by atoms with Crippen LogP contribution in [0.1, 0.15) is 18.7 Å². The largest absolute Gasteiger partial charge is 0.448 e. The molecule has 1 N–H and O–H groups in total. The summed E-state index contributed by atoms with van der Waals surface area (Å²) in [7, 11) is 0. The topological polar surface area (TPSA) is 59.9 Å². The molecular weight excluding hydrogens is 320 g/mol. The smallest absolute Gasteiger partial charge is 0.247 e. The summed E-state index contributed by atoms with van der Waals surface area (Å²) in [4.78, 5) is 4.56. The zero-order chi connectivity index (χ0) is 16.4. The van der Waals surface area contributed by atoms with Crippen molar-refractivity contribution >= 4 is 17.4 Å². The van der Waals surface area contributed by atoms with Crippen molar-refractivity contribution in [1.82, 2.24) is 15.2 Å². The lowest BCUT2D eigenvalue weighted by Gasteiger charge is -2.19. The van der Waals surface area contributed by atoms with Crippen molar-refractivity contribution in [2.45, 2.75) is 18.3 Å². The molecule has 1 atom stereocenters. The molecule has 0 bridgehead atoms. The van der Waals surface area contributed by atoms with Crippen LogP contribution in [0.15, 0.2) is 59.8 Å². The maximum Gasteiger partial charge on any atom is 0.247 e. The Morgan fingerprint density at radius 3 is 2.67 bits per heavy atom. The summed E-state index contributed by atoms with van der Waals surface area (Å²) in [6.07, 6.45) is -0.329. The van der Waals surface area contributed by atoms with Crippen molar-refractivity contribution in [3.63, 3.8) is 0 Å². The molecule has 6 heteroatoms. The van der Waals surface area contributed by atoms with E-state index in [1.165, 1.54) is 0 Å². The number of aromatic nitrogens is 3. The van der Waals surface area contributed by atoms with Gasteiger partial charge in [-0.2, -0.15) is 4.98 Å². The number of ether oxygens (including phenoxy) is 1. The van der Waals surface area contributed by atoms with Crippen molar-refractivity contribution in [3.8, 4) is 17.1 Å². The summed E-state index contributed by atoms with van der Waals surface area (Å²) >= 11 is 1.55. The molecule has 1 aliphatic heterocycles. The molecule has 0 amide bonds. The fourth-order valence-electron chi connectivity index (χ4n) is 2.62. The summed E-state index contributed by atoms with van der Waals surface area (Å²) in [5, 5.41) is 12.6. The highest BCUT2D eigenvalue weighted by atomic mass is 32.2. The van der Waals surface area contributed by atoms with Crippen LogP contribution in [0.3, 0.4) is 0 Å². The molecule has 0 spiro atoms. The Morgan fingerprint density at radius 2 is 1.83 bits per heavy atom. The van der Waals surface area contributed by atoms with Gasteiger partial charge in [-0.05, 0) is 11.8 Å². The van der Waals surface area contributed by atoms with E-state index in [2.05, 4.69) is 27.4 Å². The number of fused-ring (bicyclic) bond motifs is 3. The van der Waals surface area contributed by atoms with E-state index in [1.807, 2.05) is 54.6 Å². The van der Waals surface area contributed by atoms with Gasteiger partial charge in [0.25, 0.3) is 0 Å². The molecule has 0 fully saturated rings. The van der Waals surface area contributed by atoms with E-state index in [9.17, 15) is 0 Å². The van der Waals surface area contributed by atoms with Gasteiger partial charge in [-0.3, -0.25) is 0 Å². The average Bonchev–Trinajstić information content (AvgIpc) is 2.79. The second-order valence-corrected chi connectivity index (χ2v) is 6.51. The number of nitrogens with zero attached hydrogens (tertiary/aromatic N) is 3. The molecule has 120 valence electrons. The van der Waals surface area contributed by atoms with Crippen molar-refractivity contribution in [2.75, 3.05) is 11.1 Å². The van der Waals surface area contributed by atoms with Gasteiger partial charge in [0, 0.05) is 16.8 Å². The first-order valence-electron chi connectivity index (χ1n) is 7.80. The minimum Gasteiger partial charge on any atom is -0.448 e. The highest BCUT2D eigenvalue weighted by molar-refractivity contribution is 7.99. The SMILES string of the molecule is CCSc1nnc2c(n1)O[C@H](c1ccccc1)Nc1ccccc1-2. The maximum atomic E-state index is 6.17. The summed E-state index contributed by atoms with van der Waals surface area (Å²) < 4.78 is 6.17. The third kappa shape index (κ3) is 2.80. The standard InChI is InChI=1S/C18H16N4OS/c1-2-24-18-20-17-15(21-22-18)13-10-6-7-11-14(13)19-16(23-17)12-8-4-3-5-9-12/h3-11,16,19H,2H2,1H3/t16-/m1/s1. The van der Waals surface area contributed by atoms with Crippen molar-refractivity contribution in [1.29, 1.82) is 0 Å². The van der Waals surface area contributed by atoms with Crippen molar-refractivity contribution < 1.29 is 4.74 Å². The molecule has 2 heterocycles. The minimum atomic E-state index is -0.329. The molecular formula is C18H16N4OS. The molecule has 0 unspecified atom stereocenters. The van der Waals surface area contributed by atoms with E-state index >= 15 is 0 Å². The fourth-order valence-corrected chi connectivity index (χ4v) is 3.12. The number of para-hydroxylation sites is 1. The molecule has 5 nitrogen and oxygen atoms in total. The van der Waals surface area contributed by atoms with Crippen LogP contribution >= 0.6 is 11.8 Å². The molecule has 2 aromatic carbocycles. The van der Waals surface area contributed by atoms with Crippen LogP contribution in [-0.2, 0) is 0 Å². The summed E-state index contributed by atoms with van der Waals surface area (Å²) in [6, 6.07) is 18.0. The molecule has 1 aromatic heterocycles. The molecule has 0 aliphatic carbocycles. The van der Waals surface area contributed by atoms with Crippen LogP contribution < -0.4 is 10.1 Å². The molecule has 24 heavy (non-hydrogen) atoms. The van der Waals surface area contributed by atoms with Gasteiger partial charge in [0.2, 0.25) is 11.0 Å². The van der Waals surface area contributed by atoms with E-state index in [0.29, 0.717) is 16.7 Å². The number of thioether (sulfide) groups is 1. The molecule has 3 aromatic rings. The predicted octanol–water partition coefficient (Wildman–Crippen LogP) is 4.15. The third-order valence-electron chi connectivity index (χ3n) is 3.71. The van der Waals surface area contributed by atoms with Crippen LogP contribution in [0, 0.1) is 0 Å². The number of hydrogen-bond donors (Lipinski definition) is 1. The van der Waals surface area contributed by atoms with Gasteiger partial charge in [0.1, 0.15) is 0 Å². The highest BCUT2D eigenvalue weighted by Gasteiger charge is 2.25. The Morgan fingerprint density at radius 1 is 1.04 bits per heavy atom. The maximum absolute atomic E-state index is 6.17. The van der Waals surface area contributed by atoms with Gasteiger partial charge in [-0.25, -0.2) is 0 Å². The molecule has 0 radical (unpaired) electrons. The first-order valence-corrected chi connectivity index (χ1v) is 8.79. The molecule has 0 saturated carbocycles. The fraction of sp³-hybridized carbons (Fsp3) is 0.167. The van der Waals surface area contributed by atoms with E-state index in [1.54, 1.807) is 11.8 Å². The Labute approximate surface area is 144 Å². The number of anilines is 1. The normalized spacial score (nSPS) is 15.5. The van der Waals surface area contributed by atoms with Crippen molar-refractivity contribution in [3.05, 3.63) is 60.2 Å². The number of hydrogen-bond acceptors (Lipinski definition) is 6. The summed E-state index contributed by atoms with van der Waals surface area (Å²) in [5.41, 5.74) is 3.59. The van der Waals surface area contributed by atoms with E-state index in [4.69, 9.17) is 4.74 Å². The number of benzene rings is 2. The van der Waals surface area contributed by atoms with Gasteiger partial charge in [0.05, 0.1) is 0 Å². The second kappa shape index (κ2) is 6.49. The Bertz CT molecular complexity index is 857. The zero-order valence-corrected chi connectivity index (χ0v) is 14.0. The Kier molecular flexibility index (Phi) is 4.04. The lowest BCUT2D eigenvalue weighted by Crippen LogP contribution is -2.17. The van der Waals surface area contributed by atoms with Gasteiger partial charge in [-0.1, -0.05) is 67.2 Å².